The van der Waals surface area contributed by atoms with Crippen LogP contribution < -0.4 is 0 Å². The van der Waals surface area contributed by atoms with Crippen molar-refractivity contribution >= 4 is 5.78 Å². The molecule has 64 valence electrons. The Morgan fingerprint density at radius 1 is 1.45 bits per heavy atom. The van der Waals surface area contributed by atoms with E-state index in [1.165, 1.54) is 0 Å². The quantitative estimate of drug-likeness (QED) is 0.577. The van der Waals surface area contributed by atoms with E-state index in [2.05, 4.69) is 0 Å². The molecule has 0 aromatic heterocycles. The zero-order valence-electron chi connectivity index (χ0n) is 7.85. The molecule has 0 heterocycles. The molecule has 0 atom stereocenters. The van der Waals surface area contributed by atoms with Crippen LogP contribution in [0.25, 0.3) is 0 Å². The van der Waals surface area contributed by atoms with Gasteiger partial charge in [0.05, 0.1) is 0 Å². The molecule has 0 N–H and O–H groups in total. The van der Waals surface area contributed by atoms with Crippen LogP contribution in [0.3, 0.4) is 0 Å². The Kier molecular flexibility index (Phi) is 4.59. The maximum Gasteiger partial charge on any atom is 0.160 e. The molecular weight excluding hydrogens is 138 g/mol. The molecule has 0 aromatic rings. The molecule has 0 rings (SSSR count). The second-order valence-electron chi connectivity index (χ2n) is 2.95. The lowest BCUT2D eigenvalue weighted by Gasteiger charge is -2.06. The lowest BCUT2D eigenvalue weighted by atomic mass is 10.1. The van der Waals surface area contributed by atoms with Crippen molar-refractivity contribution in [3.63, 3.8) is 0 Å². The van der Waals surface area contributed by atoms with Gasteiger partial charge in [-0.05, 0) is 13.3 Å². The van der Waals surface area contributed by atoms with Gasteiger partial charge in [-0.3, -0.25) is 4.79 Å². The van der Waals surface area contributed by atoms with Crippen molar-refractivity contribution in [3.05, 3.63) is 11.8 Å². The Labute approximate surface area is 68.9 Å². The second kappa shape index (κ2) is 4.94. The monoisotopic (exact) mass is 155 g/mol. The first kappa shape index (κ1) is 10.2. The molecule has 0 amide bonds. The molecule has 0 fully saturated rings. The number of carbonyl (C=O) groups excluding carboxylic acids is 1. The number of Topliss-reactive ketones (excluding diaryl/α,β-unsaturated/α-hetero) is 1. The van der Waals surface area contributed by atoms with Crippen molar-refractivity contribution in [2.75, 3.05) is 14.1 Å². The van der Waals surface area contributed by atoms with Gasteiger partial charge < -0.3 is 4.90 Å². The molecule has 0 aromatic carbocycles. The van der Waals surface area contributed by atoms with Gasteiger partial charge in [-0.2, -0.15) is 0 Å². The maximum absolute atomic E-state index is 11.2. The Morgan fingerprint density at radius 2 is 2.00 bits per heavy atom. The summed E-state index contributed by atoms with van der Waals surface area (Å²) in [5.41, 5.74) is 0.844. The normalized spacial score (nSPS) is 11.5. The smallest absolute Gasteiger partial charge is 0.160 e. The minimum Gasteiger partial charge on any atom is -0.383 e. The molecule has 0 aliphatic rings. The molecule has 0 aliphatic heterocycles. The summed E-state index contributed by atoms with van der Waals surface area (Å²) in [7, 11) is 3.84. The van der Waals surface area contributed by atoms with E-state index in [1.807, 2.05) is 39.0 Å². The number of nitrogens with zero attached hydrogens (tertiary/aromatic N) is 1. The topological polar surface area (TPSA) is 20.3 Å². The van der Waals surface area contributed by atoms with E-state index in [9.17, 15) is 4.79 Å². The highest BCUT2D eigenvalue weighted by molar-refractivity contribution is 5.94. The summed E-state index contributed by atoms with van der Waals surface area (Å²) in [6.45, 7) is 3.87. The van der Waals surface area contributed by atoms with Crippen LogP contribution in [-0.2, 0) is 4.79 Å². The van der Waals surface area contributed by atoms with Crippen molar-refractivity contribution in [2.45, 2.75) is 26.7 Å². The van der Waals surface area contributed by atoms with E-state index >= 15 is 0 Å². The van der Waals surface area contributed by atoms with Gasteiger partial charge in [-0.1, -0.05) is 6.92 Å². The first-order valence-corrected chi connectivity index (χ1v) is 3.96. The van der Waals surface area contributed by atoms with E-state index in [-0.39, 0.29) is 5.78 Å². The third kappa shape index (κ3) is 4.59. The van der Waals surface area contributed by atoms with E-state index in [0.717, 1.165) is 12.0 Å². The number of ketones is 1. The predicted molar refractivity (Wildman–Crippen MR) is 47.4 cm³/mol. The maximum atomic E-state index is 11.2. The number of rotatable bonds is 4. The summed E-state index contributed by atoms with van der Waals surface area (Å²) in [5, 5.41) is 0. The number of carbonyl (C=O) groups is 1. The van der Waals surface area contributed by atoms with Gasteiger partial charge in [0.2, 0.25) is 0 Å². The van der Waals surface area contributed by atoms with Crippen LogP contribution in [0, 0.1) is 0 Å². The zero-order chi connectivity index (χ0) is 8.85. The SMILES string of the molecule is CCCC(=O)/C(C)=C/N(C)C. The molecule has 0 unspecified atom stereocenters. The Balaban J connectivity index is 4.01. The van der Waals surface area contributed by atoms with Crippen LogP contribution in [0.2, 0.25) is 0 Å². The van der Waals surface area contributed by atoms with Crippen LogP contribution in [0.4, 0.5) is 0 Å². The van der Waals surface area contributed by atoms with Gasteiger partial charge in [-0.25, -0.2) is 0 Å². The molecule has 2 nitrogen and oxygen atoms in total. The van der Waals surface area contributed by atoms with Gasteiger partial charge in [0.15, 0.2) is 5.78 Å². The van der Waals surface area contributed by atoms with Gasteiger partial charge >= 0.3 is 0 Å². The molecule has 0 saturated heterocycles. The van der Waals surface area contributed by atoms with Crippen LogP contribution >= 0.6 is 0 Å². The summed E-state index contributed by atoms with van der Waals surface area (Å²) < 4.78 is 0. The minimum absolute atomic E-state index is 0.251. The van der Waals surface area contributed by atoms with E-state index < -0.39 is 0 Å². The average molecular weight is 155 g/mol. The number of allylic oxidation sites excluding steroid dienone is 1. The lowest BCUT2D eigenvalue weighted by Crippen LogP contribution is -2.06. The average Bonchev–Trinajstić information content (AvgIpc) is 1.86. The third-order valence-corrected chi connectivity index (χ3v) is 1.37. The van der Waals surface area contributed by atoms with E-state index in [4.69, 9.17) is 0 Å². The molecule has 11 heavy (non-hydrogen) atoms. The highest BCUT2D eigenvalue weighted by Crippen LogP contribution is 2.01. The van der Waals surface area contributed by atoms with Gasteiger partial charge in [0, 0.05) is 32.3 Å². The van der Waals surface area contributed by atoms with Crippen molar-refractivity contribution in [3.8, 4) is 0 Å². The summed E-state index contributed by atoms with van der Waals surface area (Å²) in [5.74, 6) is 0.251. The van der Waals surface area contributed by atoms with Crippen LogP contribution in [0.5, 0.6) is 0 Å². The fraction of sp³-hybridized carbons (Fsp3) is 0.667. The molecule has 0 bridgehead atoms. The Bertz CT molecular complexity index is 159. The first-order chi connectivity index (χ1) is 5.07. The number of hydrogen-bond donors (Lipinski definition) is 0. The van der Waals surface area contributed by atoms with Gasteiger partial charge in [0.1, 0.15) is 0 Å². The standard InChI is InChI=1S/C9H17NO/c1-5-6-9(11)8(2)7-10(3)4/h7H,5-6H2,1-4H3/b8-7+. The van der Waals surface area contributed by atoms with Crippen LogP contribution in [0.15, 0.2) is 11.8 Å². The van der Waals surface area contributed by atoms with Crippen molar-refractivity contribution in [2.24, 2.45) is 0 Å². The fourth-order valence-electron chi connectivity index (χ4n) is 0.884. The van der Waals surface area contributed by atoms with Gasteiger partial charge in [0.25, 0.3) is 0 Å². The van der Waals surface area contributed by atoms with Crippen molar-refractivity contribution in [1.82, 2.24) is 4.90 Å². The third-order valence-electron chi connectivity index (χ3n) is 1.37. The predicted octanol–water partition coefficient (Wildman–Crippen LogP) is 1.82. The second-order valence-corrected chi connectivity index (χ2v) is 2.95. The van der Waals surface area contributed by atoms with Crippen molar-refractivity contribution in [1.29, 1.82) is 0 Å². The van der Waals surface area contributed by atoms with E-state index in [1.54, 1.807) is 0 Å². The highest BCUT2D eigenvalue weighted by atomic mass is 16.1. The molecule has 2 heteroatoms. The summed E-state index contributed by atoms with van der Waals surface area (Å²) >= 11 is 0. The van der Waals surface area contributed by atoms with Gasteiger partial charge in [-0.15, -0.1) is 0 Å². The largest absolute Gasteiger partial charge is 0.383 e. The number of hydrogen-bond acceptors (Lipinski definition) is 2. The molecule has 0 spiro atoms. The summed E-state index contributed by atoms with van der Waals surface area (Å²) in [6, 6.07) is 0. The molecule has 0 radical (unpaired) electrons. The first-order valence-electron chi connectivity index (χ1n) is 3.96. The van der Waals surface area contributed by atoms with Crippen LogP contribution in [0.1, 0.15) is 26.7 Å². The summed E-state index contributed by atoms with van der Waals surface area (Å²) in [6.07, 6.45) is 3.45. The molecule has 0 aliphatic carbocycles. The molecular formula is C9H17NO. The Morgan fingerprint density at radius 3 is 2.36 bits per heavy atom. The minimum atomic E-state index is 0.251. The lowest BCUT2D eigenvalue weighted by molar-refractivity contribution is -0.115. The van der Waals surface area contributed by atoms with Crippen molar-refractivity contribution < 1.29 is 4.79 Å². The van der Waals surface area contributed by atoms with Crippen LogP contribution in [-0.4, -0.2) is 24.8 Å². The Hall–Kier alpha value is -0.790. The zero-order valence-corrected chi connectivity index (χ0v) is 7.85. The summed E-state index contributed by atoms with van der Waals surface area (Å²) in [4.78, 5) is 13.1. The molecule has 0 saturated carbocycles. The van der Waals surface area contributed by atoms with E-state index in [0.29, 0.717) is 6.42 Å². The fourth-order valence-corrected chi connectivity index (χ4v) is 0.884. The highest BCUT2D eigenvalue weighted by Gasteiger charge is 2.01.